The summed E-state index contributed by atoms with van der Waals surface area (Å²) in [5.41, 5.74) is 3.32. The molecular weight excluding hydrogens is 1010 g/mol. The zero-order chi connectivity index (χ0) is 53.9. The number of amides is 2. The molecule has 7 aliphatic rings. The molecule has 6 N–H and O–H groups in total. The van der Waals surface area contributed by atoms with Gasteiger partial charge in [0.1, 0.15) is 80.2 Å². The molecular formula is C58H68N2O18. The second-order valence-corrected chi connectivity index (χ2v) is 21.3. The SMILES string of the molecule is C[C@H]1C[C@H]2CC(=O)O[C@@H]2[C@@H](O[C@@H]2O[C@H](CO)[C@@H](O[C@H]3O[C@H]4CCC(c5ccccc5)O[C@H]4[C@H](O)[C@H]3NC(=O)OCc3ccccc3)[C@H]2O)[C@@H]1O[C@H]1O[C@@H]2CCC(c3ccccc3)O[C@H]2[C@H](O)[C@H]1NC(=O)OCc1ccccc1. The standard InChI is InChI=1S/C58H68N2O18/c1-31-26-36-27-42(62)75-49(36)53(48(31)76-54-43(59-57(66)68-29-32-14-6-2-7-15-32)45(63)50-39(72-54)24-22-37(70-50)34-18-10-4-11-19-34)78-56-47(65)52(41(28-61)74-56)77-55-44(60-58(67)69-30-33-16-8-3-9-17-33)46(64)51-40(73-55)25-23-38(71-51)35-20-12-5-13-21-35/h2-21,31,36-41,43-56,61,63-65H,22-30H2,1H3,(H,59,66)(H,60,67)/t31-,36-,37?,38?,39+,40-,41+,43+,44+,45+,46+,47+,48+,49-,50+,51+,52+,53-,54+,55+,56-/m0/s1. The Morgan fingerprint density at radius 2 is 1.01 bits per heavy atom. The molecule has 6 aliphatic heterocycles. The van der Waals surface area contributed by atoms with Crippen molar-refractivity contribution in [1.82, 2.24) is 10.6 Å². The molecule has 2 amide bonds. The van der Waals surface area contributed by atoms with E-state index in [-0.39, 0.29) is 43.7 Å². The molecule has 4 aromatic rings. The fraction of sp³-hybridized carbons (Fsp3) is 0.534. The van der Waals surface area contributed by atoms with Crippen molar-refractivity contribution in [1.29, 1.82) is 0 Å². The van der Waals surface area contributed by atoms with E-state index >= 15 is 0 Å². The molecule has 21 atom stereocenters. The lowest BCUT2D eigenvalue weighted by Crippen LogP contribution is -2.67. The van der Waals surface area contributed by atoms with Gasteiger partial charge in [0.15, 0.2) is 18.9 Å². The minimum atomic E-state index is -1.65. The maximum absolute atomic E-state index is 13.6. The van der Waals surface area contributed by atoms with Crippen LogP contribution < -0.4 is 10.6 Å². The van der Waals surface area contributed by atoms with Gasteiger partial charge in [-0.2, -0.15) is 0 Å². The van der Waals surface area contributed by atoms with E-state index in [1.807, 2.05) is 116 Å². The van der Waals surface area contributed by atoms with Gasteiger partial charge in [-0.15, -0.1) is 0 Å². The van der Waals surface area contributed by atoms with Crippen LogP contribution in [0.4, 0.5) is 9.59 Å². The quantitative estimate of drug-likeness (QED) is 0.0691. The molecule has 0 bridgehead atoms. The van der Waals surface area contributed by atoms with Crippen molar-refractivity contribution in [3.05, 3.63) is 144 Å². The van der Waals surface area contributed by atoms with Gasteiger partial charge in [-0.05, 0) is 60.3 Å². The first-order valence-corrected chi connectivity index (χ1v) is 27.1. The van der Waals surface area contributed by atoms with E-state index in [0.29, 0.717) is 32.1 Å². The lowest BCUT2D eigenvalue weighted by atomic mass is 9.76. The Kier molecular flexibility index (Phi) is 17.0. The minimum absolute atomic E-state index is 0.0512. The zero-order valence-electron chi connectivity index (χ0n) is 43.0. The molecule has 6 heterocycles. The van der Waals surface area contributed by atoms with Crippen molar-refractivity contribution in [3.8, 4) is 0 Å². The highest BCUT2D eigenvalue weighted by Gasteiger charge is 2.59. The summed E-state index contributed by atoms with van der Waals surface area (Å²) in [6.45, 7) is 1.13. The first-order valence-electron chi connectivity index (χ1n) is 27.1. The molecule has 20 heteroatoms. The molecule has 1 aliphatic carbocycles. The third kappa shape index (κ3) is 12.0. The Hall–Kier alpha value is -5.59. The van der Waals surface area contributed by atoms with Crippen LogP contribution in [0.25, 0.3) is 0 Å². The molecule has 418 valence electrons. The summed E-state index contributed by atoms with van der Waals surface area (Å²) in [5.74, 6) is -1.14. The fourth-order valence-electron chi connectivity index (χ4n) is 12.2. The van der Waals surface area contributed by atoms with E-state index in [1.165, 1.54) is 0 Å². The summed E-state index contributed by atoms with van der Waals surface area (Å²) in [5, 5.41) is 52.9. The van der Waals surface area contributed by atoms with Crippen LogP contribution in [0.15, 0.2) is 121 Å². The predicted molar refractivity (Wildman–Crippen MR) is 271 cm³/mol. The Labute approximate surface area is 451 Å². The third-order valence-electron chi connectivity index (χ3n) is 16.1. The molecule has 6 saturated heterocycles. The van der Waals surface area contributed by atoms with Gasteiger partial charge in [0, 0.05) is 5.92 Å². The number of carbonyl (C=O) groups excluding carboxylic acids is 3. The third-order valence-corrected chi connectivity index (χ3v) is 16.1. The predicted octanol–water partition coefficient (Wildman–Crippen LogP) is 4.79. The highest BCUT2D eigenvalue weighted by Crippen LogP contribution is 2.46. The van der Waals surface area contributed by atoms with Gasteiger partial charge in [-0.3, -0.25) is 4.79 Å². The summed E-state index contributed by atoms with van der Waals surface area (Å²) < 4.78 is 69.7. The lowest BCUT2D eigenvalue weighted by molar-refractivity contribution is -0.329. The van der Waals surface area contributed by atoms with Crippen LogP contribution in [0.5, 0.6) is 0 Å². The molecule has 0 spiro atoms. The topological polar surface area (TPSA) is 258 Å². The van der Waals surface area contributed by atoms with Crippen molar-refractivity contribution in [2.75, 3.05) is 6.61 Å². The number of fused-ring (bicyclic) bond motifs is 3. The van der Waals surface area contributed by atoms with E-state index in [4.69, 9.17) is 52.1 Å². The van der Waals surface area contributed by atoms with Crippen molar-refractivity contribution < 1.29 is 86.9 Å². The average Bonchev–Trinajstić information content (AvgIpc) is 4.15. The molecule has 0 aromatic heterocycles. The summed E-state index contributed by atoms with van der Waals surface area (Å²) in [6.07, 6.45) is -17.3. The summed E-state index contributed by atoms with van der Waals surface area (Å²) in [4.78, 5) is 40.2. The van der Waals surface area contributed by atoms with Crippen LogP contribution in [-0.4, -0.2) is 149 Å². The Morgan fingerprint density at radius 3 is 1.50 bits per heavy atom. The van der Waals surface area contributed by atoms with Crippen molar-refractivity contribution in [2.45, 2.75) is 175 Å². The summed E-state index contributed by atoms with van der Waals surface area (Å²) >= 11 is 0. The fourth-order valence-corrected chi connectivity index (χ4v) is 12.2. The maximum atomic E-state index is 13.6. The monoisotopic (exact) mass is 1080 g/mol. The van der Waals surface area contributed by atoms with Gasteiger partial charge < -0.3 is 83.2 Å². The second kappa shape index (κ2) is 24.4. The second-order valence-electron chi connectivity index (χ2n) is 21.3. The minimum Gasteiger partial charge on any atom is -0.459 e. The van der Waals surface area contributed by atoms with Crippen molar-refractivity contribution in [3.63, 3.8) is 0 Å². The molecule has 78 heavy (non-hydrogen) atoms. The van der Waals surface area contributed by atoms with Gasteiger partial charge >= 0.3 is 18.2 Å². The Balaban J connectivity index is 0.825. The van der Waals surface area contributed by atoms with Crippen LogP contribution >= 0.6 is 0 Å². The number of benzene rings is 4. The van der Waals surface area contributed by atoms with E-state index in [1.54, 1.807) is 12.1 Å². The van der Waals surface area contributed by atoms with Crippen LogP contribution in [0, 0.1) is 11.8 Å². The molecule has 20 nitrogen and oxygen atoms in total. The number of esters is 1. The van der Waals surface area contributed by atoms with E-state index < -0.39 is 129 Å². The van der Waals surface area contributed by atoms with E-state index in [2.05, 4.69) is 10.6 Å². The summed E-state index contributed by atoms with van der Waals surface area (Å²) in [7, 11) is 0. The first-order chi connectivity index (χ1) is 38.0. The molecule has 1 saturated carbocycles. The van der Waals surface area contributed by atoms with Crippen LogP contribution in [0.1, 0.15) is 79.9 Å². The zero-order valence-corrected chi connectivity index (χ0v) is 43.0. The van der Waals surface area contributed by atoms with Gasteiger partial charge in [-0.1, -0.05) is 128 Å². The van der Waals surface area contributed by atoms with E-state index in [0.717, 1.165) is 22.3 Å². The number of aliphatic hydroxyl groups excluding tert-OH is 4. The van der Waals surface area contributed by atoms with Gasteiger partial charge in [-0.25, -0.2) is 9.59 Å². The largest absolute Gasteiger partial charge is 0.459 e. The first kappa shape index (κ1) is 54.4. The smallest absolute Gasteiger partial charge is 0.407 e. The number of nitrogens with one attached hydrogen (secondary N) is 2. The van der Waals surface area contributed by atoms with Crippen LogP contribution in [0.3, 0.4) is 0 Å². The van der Waals surface area contributed by atoms with Gasteiger partial charge in [0.2, 0.25) is 0 Å². The number of ether oxygens (including phenoxy) is 11. The normalized spacial score (nSPS) is 38.2. The Bertz CT molecular complexity index is 2610. The number of hydrogen-bond donors (Lipinski definition) is 6. The molecule has 4 aromatic carbocycles. The van der Waals surface area contributed by atoms with Crippen molar-refractivity contribution in [2.24, 2.45) is 11.8 Å². The number of aliphatic hydroxyl groups is 4. The highest BCUT2D eigenvalue weighted by atomic mass is 16.8. The molecule has 7 fully saturated rings. The summed E-state index contributed by atoms with van der Waals surface area (Å²) in [6, 6.07) is 34.9. The number of hydrogen-bond acceptors (Lipinski definition) is 18. The lowest BCUT2D eigenvalue weighted by Gasteiger charge is -2.50. The number of alkyl carbamates (subject to hydrolysis) is 2. The average molecular weight is 1080 g/mol. The molecule has 2 unspecified atom stereocenters. The number of rotatable bonds is 15. The van der Waals surface area contributed by atoms with Crippen molar-refractivity contribution >= 4 is 18.2 Å². The highest BCUT2D eigenvalue weighted by molar-refractivity contribution is 5.72. The number of carbonyl (C=O) groups is 3. The maximum Gasteiger partial charge on any atom is 0.407 e. The van der Waals surface area contributed by atoms with Gasteiger partial charge in [0.05, 0.1) is 43.5 Å². The molecule has 11 rings (SSSR count). The van der Waals surface area contributed by atoms with Gasteiger partial charge in [0.25, 0.3) is 0 Å². The van der Waals surface area contributed by atoms with Crippen LogP contribution in [-0.2, 0) is 70.1 Å². The molecule has 0 radical (unpaired) electrons. The van der Waals surface area contributed by atoms with Crippen LogP contribution in [0.2, 0.25) is 0 Å². The Morgan fingerprint density at radius 1 is 0.551 bits per heavy atom. The van der Waals surface area contributed by atoms with E-state index in [9.17, 15) is 34.8 Å².